The van der Waals surface area contributed by atoms with Crippen molar-refractivity contribution in [3.63, 3.8) is 0 Å². The van der Waals surface area contributed by atoms with Crippen LogP contribution in [0, 0.1) is 20.8 Å². The molecule has 2 N–H and O–H groups in total. The first-order chi connectivity index (χ1) is 9.06. The molecule has 1 unspecified atom stereocenters. The molecule has 108 valence electrons. The van der Waals surface area contributed by atoms with Crippen molar-refractivity contribution in [2.45, 2.75) is 59.4 Å². The van der Waals surface area contributed by atoms with Crippen molar-refractivity contribution < 1.29 is 5.11 Å². The molecule has 0 aliphatic rings. The Kier molecular flexibility index (Phi) is 7.11. The molecule has 1 atom stereocenters. The Bertz CT molecular complexity index is 387. The highest BCUT2D eigenvalue weighted by molar-refractivity contribution is 5.37. The molecular formula is C17H29NO. The van der Waals surface area contributed by atoms with Crippen molar-refractivity contribution >= 4 is 0 Å². The van der Waals surface area contributed by atoms with E-state index in [0.717, 1.165) is 19.4 Å². The van der Waals surface area contributed by atoms with Gasteiger partial charge in [0.05, 0.1) is 0 Å². The number of benzene rings is 1. The molecule has 0 aromatic heterocycles. The molecule has 0 spiro atoms. The fourth-order valence-corrected chi connectivity index (χ4v) is 2.47. The third kappa shape index (κ3) is 5.33. The summed E-state index contributed by atoms with van der Waals surface area (Å²) in [5, 5.41) is 12.3. The van der Waals surface area contributed by atoms with E-state index in [4.69, 9.17) is 5.11 Å². The van der Waals surface area contributed by atoms with Gasteiger partial charge in [-0.3, -0.25) is 0 Å². The van der Waals surface area contributed by atoms with E-state index >= 15 is 0 Å². The van der Waals surface area contributed by atoms with Gasteiger partial charge in [-0.15, -0.1) is 0 Å². The first kappa shape index (κ1) is 16.2. The lowest BCUT2D eigenvalue weighted by Gasteiger charge is -2.18. The monoisotopic (exact) mass is 263 g/mol. The van der Waals surface area contributed by atoms with Crippen LogP contribution in [0.5, 0.6) is 0 Å². The maximum Gasteiger partial charge on any atom is 0.0431 e. The molecule has 1 rings (SSSR count). The minimum Gasteiger partial charge on any atom is -0.396 e. The van der Waals surface area contributed by atoms with Crippen LogP contribution < -0.4 is 5.32 Å². The lowest BCUT2D eigenvalue weighted by Crippen LogP contribution is -2.20. The van der Waals surface area contributed by atoms with Crippen molar-refractivity contribution in [3.8, 4) is 0 Å². The summed E-state index contributed by atoms with van der Waals surface area (Å²) in [5.74, 6) is 0. The molecule has 0 heterocycles. The van der Waals surface area contributed by atoms with Gasteiger partial charge in [0.2, 0.25) is 0 Å². The quantitative estimate of drug-likeness (QED) is 0.699. The summed E-state index contributed by atoms with van der Waals surface area (Å²) < 4.78 is 0. The van der Waals surface area contributed by atoms with Crippen LogP contribution in [0.15, 0.2) is 12.1 Å². The summed E-state index contributed by atoms with van der Waals surface area (Å²) in [4.78, 5) is 0. The van der Waals surface area contributed by atoms with Crippen molar-refractivity contribution in [3.05, 3.63) is 34.4 Å². The lowest BCUT2D eigenvalue weighted by molar-refractivity contribution is 0.282. The van der Waals surface area contributed by atoms with E-state index in [2.05, 4.69) is 45.1 Å². The fourth-order valence-electron chi connectivity index (χ4n) is 2.47. The topological polar surface area (TPSA) is 32.3 Å². The van der Waals surface area contributed by atoms with Crippen molar-refractivity contribution in [2.75, 3.05) is 13.2 Å². The molecule has 1 aromatic rings. The average molecular weight is 263 g/mol. The third-order valence-electron chi connectivity index (χ3n) is 3.88. The van der Waals surface area contributed by atoms with E-state index in [1.165, 1.54) is 35.1 Å². The summed E-state index contributed by atoms with van der Waals surface area (Å²) in [5.41, 5.74) is 5.54. The first-order valence-electron chi connectivity index (χ1n) is 7.48. The van der Waals surface area contributed by atoms with Crippen molar-refractivity contribution in [1.29, 1.82) is 0 Å². The van der Waals surface area contributed by atoms with Gasteiger partial charge in [0.15, 0.2) is 0 Å². The number of aliphatic hydroxyl groups excluding tert-OH is 1. The number of rotatable bonds is 8. The predicted octanol–water partition coefficient (Wildman–Crippen LogP) is 3.82. The summed E-state index contributed by atoms with van der Waals surface area (Å²) in [6.07, 6.45) is 4.46. The highest BCUT2D eigenvalue weighted by Crippen LogP contribution is 2.21. The zero-order chi connectivity index (χ0) is 14.3. The second kappa shape index (κ2) is 8.34. The highest BCUT2D eigenvalue weighted by atomic mass is 16.2. The van der Waals surface area contributed by atoms with E-state index < -0.39 is 0 Å². The zero-order valence-electron chi connectivity index (χ0n) is 12.9. The van der Waals surface area contributed by atoms with E-state index in [-0.39, 0.29) is 0 Å². The summed E-state index contributed by atoms with van der Waals surface area (Å²) >= 11 is 0. The van der Waals surface area contributed by atoms with Crippen molar-refractivity contribution in [2.24, 2.45) is 0 Å². The van der Waals surface area contributed by atoms with Gasteiger partial charge < -0.3 is 10.4 Å². The maximum atomic E-state index is 8.72. The Morgan fingerprint density at radius 1 is 0.947 bits per heavy atom. The number of hydrogen-bond donors (Lipinski definition) is 2. The molecule has 0 aliphatic heterocycles. The van der Waals surface area contributed by atoms with Crippen LogP contribution in [0.4, 0.5) is 0 Å². The lowest BCUT2D eigenvalue weighted by atomic mass is 9.96. The van der Waals surface area contributed by atoms with E-state index in [1.807, 2.05) is 0 Å². The second-order valence-electron chi connectivity index (χ2n) is 5.61. The SMILES string of the molecule is Cc1cc(C)c(C(C)NCCCCCCO)cc1C. The molecule has 0 saturated carbocycles. The van der Waals surface area contributed by atoms with Crippen LogP contribution in [0.25, 0.3) is 0 Å². The normalized spacial score (nSPS) is 12.7. The van der Waals surface area contributed by atoms with Gasteiger partial charge in [-0.2, -0.15) is 0 Å². The van der Waals surface area contributed by atoms with Gasteiger partial charge >= 0.3 is 0 Å². The Morgan fingerprint density at radius 2 is 1.58 bits per heavy atom. The number of aryl methyl sites for hydroxylation is 3. The maximum absolute atomic E-state index is 8.72. The highest BCUT2D eigenvalue weighted by Gasteiger charge is 2.09. The minimum absolute atomic E-state index is 0.325. The molecule has 19 heavy (non-hydrogen) atoms. The number of unbranched alkanes of at least 4 members (excludes halogenated alkanes) is 3. The minimum atomic E-state index is 0.325. The number of hydrogen-bond acceptors (Lipinski definition) is 2. The molecule has 2 heteroatoms. The molecule has 0 aliphatic carbocycles. The van der Waals surface area contributed by atoms with Gasteiger partial charge in [0, 0.05) is 12.6 Å². The second-order valence-corrected chi connectivity index (χ2v) is 5.61. The molecule has 1 aromatic carbocycles. The molecule has 0 saturated heterocycles. The number of nitrogens with one attached hydrogen (secondary N) is 1. The third-order valence-corrected chi connectivity index (χ3v) is 3.88. The predicted molar refractivity (Wildman–Crippen MR) is 82.6 cm³/mol. The first-order valence-corrected chi connectivity index (χ1v) is 7.48. The van der Waals surface area contributed by atoms with Crippen LogP contribution in [0.1, 0.15) is 60.9 Å². The largest absolute Gasteiger partial charge is 0.396 e. The van der Waals surface area contributed by atoms with E-state index in [1.54, 1.807) is 0 Å². The van der Waals surface area contributed by atoms with E-state index in [9.17, 15) is 0 Å². The smallest absolute Gasteiger partial charge is 0.0431 e. The fraction of sp³-hybridized carbons (Fsp3) is 0.647. The van der Waals surface area contributed by atoms with Gasteiger partial charge in [-0.25, -0.2) is 0 Å². The van der Waals surface area contributed by atoms with Crippen molar-refractivity contribution in [1.82, 2.24) is 5.32 Å². The average Bonchev–Trinajstić information content (AvgIpc) is 2.37. The molecular weight excluding hydrogens is 234 g/mol. The van der Waals surface area contributed by atoms with Crippen LogP contribution in [0.3, 0.4) is 0 Å². The Morgan fingerprint density at radius 3 is 2.26 bits per heavy atom. The number of aliphatic hydroxyl groups is 1. The van der Waals surface area contributed by atoms with Crippen LogP contribution >= 0.6 is 0 Å². The van der Waals surface area contributed by atoms with Crippen LogP contribution in [0.2, 0.25) is 0 Å². The zero-order valence-corrected chi connectivity index (χ0v) is 12.9. The Balaban J connectivity index is 2.41. The molecule has 0 radical (unpaired) electrons. The molecule has 2 nitrogen and oxygen atoms in total. The molecule has 0 bridgehead atoms. The van der Waals surface area contributed by atoms with Gasteiger partial charge in [0.25, 0.3) is 0 Å². The Hall–Kier alpha value is -0.860. The van der Waals surface area contributed by atoms with Crippen LogP contribution in [-0.2, 0) is 0 Å². The van der Waals surface area contributed by atoms with Gasteiger partial charge in [-0.1, -0.05) is 25.0 Å². The van der Waals surface area contributed by atoms with Crippen LogP contribution in [-0.4, -0.2) is 18.3 Å². The molecule has 0 fully saturated rings. The van der Waals surface area contributed by atoms with E-state index in [0.29, 0.717) is 12.6 Å². The summed E-state index contributed by atoms with van der Waals surface area (Å²) in [7, 11) is 0. The van der Waals surface area contributed by atoms with Gasteiger partial charge in [0.1, 0.15) is 0 Å². The Labute approximate surface area is 118 Å². The standard InChI is InChI=1S/C17H29NO/c1-13-11-15(3)17(12-14(13)2)16(4)18-9-7-5-6-8-10-19/h11-12,16,18-19H,5-10H2,1-4H3. The summed E-state index contributed by atoms with van der Waals surface area (Å²) in [6.45, 7) is 10.2. The summed E-state index contributed by atoms with van der Waals surface area (Å²) in [6, 6.07) is 5.01. The molecule has 0 amide bonds. The van der Waals surface area contributed by atoms with Gasteiger partial charge in [-0.05, 0) is 69.3 Å².